The summed E-state index contributed by atoms with van der Waals surface area (Å²) in [6, 6.07) is 1.46. The van der Waals surface area contributed by atoms with Gasteiger partial charge in [0.1, 0.15) is 0 Å². The van der Waals surface area contributed by atoms with Gasteiger partial charge in [0.15, 0.2) is 0 Å². The standard InChI is InChI=1S/C9H12N2O2.CH4S/c1-6-4-8(12)11(9(13)10-6)5-7-2-3-7;1-2/h4,7H,2-3,5H2,1H3,(H,10,13);2H,1H3. The van der Waals surface area contributed by atoms with Crippen molar-refractivity contribution in [1.82, 2.24) is 9.55 Å². The third-order valence-corrected chi connectivity index (χ3v) is 2.29. The van der Waals surface area contributed by atoms with Gasteiger partial charge in [-0.05, 0) is 31.9 Å². The number of nitrogens with zero attached hydrogens (tertiary/aromatic N) is 1. The van der Waals surface area contributed by atoms with E-state index in [9.17, 15) is 9.59 Å². The van der Waals surface area contributed by atoms with Gasteiger partial charge in [-0.2, -0.15) is 12.6 Å². The SMILES string of the molecule is CS.Cc1cc(=O)n(CC2CC2)c(=O)[nH]1. The van der Waals surface area contributed by atoms with Crippen molar-refractivity contribution in [3.63, 3.8) is 0 Å². The minimum atomic E-state index is -0.281. The first-order valence-electron chi connectivity index (χ1n) is 4.92. The lowest BCUT2D eigenvalue weighted by atomic mass is 10.4. The summed E-state index contributed by atoms with van der Waals surface area (Å²) in [6.45, 7) is 2.29. The monoisotopic (exact) mass is 228 g/mol. The zero-order valence-electron chi connectivity index (χ0n) is 8.99. The van der Waals surface area contributed by atoms with Gasteiger partial charge in [-0.15, -0.1) is 0 Å². The summed E-state index contributed by atoms with van der Waals surface area (Å²) in [7, 11) is 0. The van der Waals surface area contributed by atoms with E-state index in [1.165, 1.54) is 10.6 Å². The van der Waals surface area contributed by atoms with Gasteiger partial charge >= 0.3 is 5.69 Å². The van der Waals surface area contributed by atoms with E-state index in [1.54, 1.807) is 13.2 Å². The van der Waals surface area contributed by atoms with Crippen LogP contribution in [0.2, 0.25) is 0 Å². The van der Waals surface area contributed by atoms with Crippen LogP contribution < -0.4 is 11.2 Å². The van der Waals surface area contributed by atoms with Crippen LogP contribution in [0.1, 0.15) is 18.5 Å². The van der Waals surface area contributed by atoms with Crippen LogP contribution >= 0.6 is 12.6 Å². The number of nitrogens with one attached hydrogen (secondary N) is 1. The van der Waals surface area contributed by atoms with Crippen molar-refractivity contribution in [3.8, 4) is 0 Å². The van der Waals surface area contributed by atoms with Gasteiger partial charge in [0.25, 0.3) is 5.56 Å². The molecule has 0 spiro atoms. The van der Waals surface area contributed by atoms with Gasteiger partial charge < -0.3 is 4.98 Å². The van der Waals surface area contributed by atoms with E-state index < -0.39 is 0 Å². The molecule has 2 rings (SSSR count). The summed E-state index contributed by atoms with van der Waals surface area (Å²) in [5.74, 6) is 0.543. The number of H-pyrrole nitrogens is 1. The van der Waals surface area contributed by atoms with E-state index in [1.807, 2.05) is 0 Å². The van der Waals surface area contributed by atoms with Gasteiger partial charge in [-0.25, -0.2) is 4.79 Å². The van der Waals surface area contributed by atoms with Crippen LogP contribution in [0.3, 0.4) is 0 Å². The Hall–Kier alpha value is -0.970. The molecular formula is C10H16N2O2S. The highest BCUT2D eigenvalue weighted by Crippen LogP contribution is 2.29. The number of rotatable bonds is 2. The molecule has 1 N–H and O–H groups in total. The molecule has 0 atom stereocenters. The first kappa shape index (κ1) is 12.1. The van der Waals surface area contributed by atoms with Crippen molar-refractivity contribution in [2.45, 2.75) is 26.3 Å². The van der Waals surface area contributed by atoms with Gasteiger partial charge in [0, 0.05) is 18.3 Å². The van der Waals surface area contributed by atoms with Gasteiger partial charge in [-0.1, -0.05) is 0 Å². The second-order valence-corrected chi connectivity index (χ2v) is 3.65. The van der Waals surface area contributed by atoms with Crippen LogP contribution in [-0.2, 0) is 6.54 Å². The Balaban J connectivity index is 0.000000531. The van der Waals surface area contributed by atoms with Crippen LogP contribution in [0.25, 0.3) is 0 Å². The topological polar surface area (TPSA) is 54.9 Å². The fourth-order valence-corrected chi connectivity index (χ4v) is 1.37. The Kier molecular flexibility index (Phi) is 4.20. The number of aromatic amines is 1. The molecule has 0 bridgehead atoms. The van der Waals surface area contributed by atoms with E-state index >= 15 is 0 Å². The van der Waals surface area contributed by atoms with Gasteiger partial charge in [0.05, 0.1) is 0 Å². The molecule has 1 aliphatic carbocycles. The second-order valence-electron chi connectivity index (χ2n) is 3.65. The fourth-order valence-electron chi connectivity index (χ4n) is 1.37. The van der Waals surface area contributed by atoms with Crippen molar-refractivity contribution in [3.05, 3.63) is 32.6 Å². The normalized spacial score (nSPS) is 14.3. The van der Waals surface area contributed by atoms with Crippen molar-refractivity contribution in [2.75, 3.05) is 6.26 Å². The number of thiol groups is 1. The highest BCUT2D eigenvalue weighted by molar-refractivity contribution is 7.79. The molecule has 5 heteroatoms. The zero-order valence-corrected chi connectivity index (χ0v) is 9.88. The first-order chi connectivity index (χ1) is 7.16. The van der Waals surface area contributed by atoms with Crippen LogP contribution in [0.15, 0.2) is 15.7 Å². The zero-order chi connectivity index (χ0) is 11.4. The highest BCUT2D eigenvalue weighted by atomic mass is 32.1. The van der Waals surface area contributed by atoms with Crippen LogP contribution in [-0.4, -0.2) is 15.8 Å². The lowest BCUT2D eigenvalue weighted by Gasteiger charge is -2.02. The number of aromatic nitrogens is 2. The van der Waals surface area contributed by atoms with Crippen LogP contribution in [0.5, 0.6) is 0 Å². The van der Waals surface area contributed by atoms with Crippen LogP contribution in [0, 0.1) is 12.8 Å². The smallest absolute Gasteiger partial charge is 0.311 e. The average molecular weight is 228 g/mol. The molecule has 84 valence electrons. The van der Waals surface area contributed by atoms with Gasteiger partial charge in [0.2, 0.25) is 0 Å². The second kappa shape index (κ2) is 5.21. The van der Waals surface area contributed by atoms with Crippen molar-refractivity contribution in [1.29, 1.82) is 0 Å². The highest BCUT2D eigenvalue weighted by Gasteiger charge is 2.22. The first-order valence-corrected chi connectivity index (χ1v) is 5.82. The molecule has 1 aliphatic rings. The number of aryl methyl sites for hydroxylation is 1. The predicted octanol–water partition coefficient (Wildman–Crippen LogP) is 0.801. The summed E-state index contributed by atoms with van der Waals surface area (Å²) >= 11 is 3.53. The Morgan fingerprint density at radius 3 is 2.53 bits per heavy atom. The van der Waals surface area contributed by atoms with Crippen molar-refractivity contribution < 1.29 is 0 Å². The van der Waals surface area contributed by atoms with Crippen LogP contribution in [0.4, 0.5) is 0 Å². The Morgan fingerprint density at radius 1 is 1.47 bits per heavy atom. The molecule has 15 heavy (non-hydrogen) atoms. The molecule has 0 aliphatic heterocycles. The van der Waals surface area contributed by atoms with E-state index in [0.717, 1.165) is 12.8 Å². The number of hydrogen-bond donors (Lipinski definition) is 2. The summed E-state index contributed by atoms with van der Waals surface area (Å²) in [5, 5.41) is 0. The molecule has 1 heterocycles. The molecule has 0 unspecified atom stereocenters. The van der Waals surface area contributed by atoms with Gasteiger partial charge in [-0.3, -0.25) is 9.36 Å². The average Bonchev–Trinajstić information content (AvgIpc) is 2.98. The minimum absolute atomic E-state index is 0.187. The minimum Gasteiger partial charge on any atom is -0.311 e. The molecular weight excluding hydrogens is 212 g/mol. The lowest BCUT2D eigenvalue weighted by molar-refractivity contribution is 0.572. The summed E-state index contributed by atoms with van der Waals surface area (Å²) in [4.78, 5) is 25.3. The quantitative estimate of drug-likeness (QED) is 0.736. The van der Waals surface area contributed by atoms with E-state index in [2.05, 4.69) is 17.6 Å². The largest absolute Gasteiger partial charge is 0.328 e. The van der Waals surface area contributed by atoms with E-state index in [0.29, 0.717) is 18.2 Å². The molecule has 1 aromatic heterocycles. The Morgan fingerprint density at radius 2 is 2.07 bits per heavy atom. The molecule has 0 saturated heterocycles. The maximum absolute atomic E-state index is 11.4. The molecule has 0 aromatic carbocycles. The summed E-state index contributed by atoms with van der Waals surface area (Å²) in [5.41, 5.74) is 0.159. The maximum Gasteiger partial charge on any atom is 0.328 e. The van der Waals surface area contributed by atoms with Crippen molar-refractivity contribution in [2.24, 2.45) is 5.92 Å². The fraction of sp³-hybridized carbons (Fsp3) is 0.600. The van der Waals surface area contributed by atoms with Crippen molar-refractivity contribution >= 4 is 12.6 Å². The molecule has 1 saturated carbocycles. The third-order valence-electron chi connectivity index (χ3n) is 2.29. The number of hydrogen-bond acceptors (Lipinski definition) is 3. The summed E-state index contributed by atoms with van der Waals surface area (Å²) in [6.07, 6.45) is 3.97. The predicted molar refractivity (Wildman–Crippen MR) is 63.7 cm³/mol. The van der Waals surface area contributed by atoms with E-state index in [4.69, 9.17) is 0 Å². The molecule has 0 radical (unpaired) electrons. The molecule has 1 fully saturated rings. The third kappa shape index (κ3) is 3.27. The van der Waals surface area contributed by atoms with E-state index in [-0.39, 0.29) is 11.2 Å². The molecule has 4 nitrogen and oxygen atoms in total. The Bertz CT molecular complexity index is 401. The summed E-state index contributed by atoms with van der Waals surface area (Å²) < 4.78 is 1.28. The lowest BCUT2D eigenvalue weighted by Crippen LogP contribution is -2.35. The maximum atomic E-state index is 11.4. The molecule has 0 amide bonds. The molecule has 1 aromatic rings. The Labute approximate surface area is 93.7 Å².